The minimum Gasteiger partial charge on any atom is -0.384 e. The molecule has 27 heavy (non-hydrogen) atoms. The van der Waals surface area contributed by atoms with Crippen LogP contribution >= 0.6 is 23.2 Å². The average molecular weight is 403 g/mol. The normalized spacial score (nSPS) is 17.1. The predicted molar refractivity (Wildman–Crippen MR) is 113 cm³/mol. The number of aliphatic hydroxyl groups is 1. The Balaban J connectivity index is 1.83. The van der Waals surface area contributed by atoms with Crippen LogP contribution in [-0.2, 0) is 25.1 Å². The molecule has 1 unspecified atom stereocenters. The van der Waals surface area contributed by atoms with Gasteiger partial charge in [0.25, 0.3) is 0 Å². The number of benzene rings is 2. The Bertz CT molecular complexity index is 1020. The molecule has 0 amide bonds. The van der Waals surface area contributed by atoms with E-state index in [4.69, 9.17) is 23.2 Å². The predicted octanol–water partition coefficient (Wildman–Crippen LogP) is 5.15. The van der Waals surface area contributed by atoms with Gasteiger partial charge >= 0.3 is 0 Å². The highest BCUT2D eigenvalue weighted by Gasteiger charge is 2.29. The van der Waals surface area contributed by atoms with Crippen LogP contribution in [0.5, 0.6) is 0 Å². The molecule has 1 atom stereocenters. The first kappa shape index (κ1) is 18.8. The summed E-state index contributed by atoms with van der Waals surface area (Å²) in [6, 6.07) is 11.8. The van der Waals surface area contributed by atoms with Gasteiger partial charge in [-0.25, -0.2) is 0 Å². The van der Waals surface area contributed by atoms with Crippen molar-refractivity contribution in [3.8, 4) is 0 Å². The number of fused-ring (bicyclic) bond motifs is 3. The van der Waals surface area contributed by atoms with Crippen molar-refractivity contribution >= 4 is 34.1 Å². The first-order valence-corrected chi connectivity index (χ1v) is 9.99. The van der Waals surface area contributed by atoms with Gasteiger partial charge in [0.15, 0.2) is 0 Å². The van der Waals surface area contributed by atoms with Crippen LogP contribution in [0, 0.1) is 6.92 Å². The number of nitrogens with zero attached hydrogens (tertiary/aromatic N) is 2. The number of likely N-dealkylation sites (N-methyl/N-ethyl adjacent to an activating group) is 1. The summed E-state index contributed by atoms with van der Waals surface area (Å²) in [5, 5.41) is 14.0. The second kappa shape index (κ2) is 6.82. The van der Waals surface area contributed by atoms with Gasteiger partial charge in [-0.3, -0.25) is 0 Å². The van der Waals surface area contributed by atoms with Gasteiger partial charge in [0.05, 0.1) is 6.54 Å². The second-order valence-corrected chi connectivity index (χ2v) is 8.74. The molecule has 4 rings (SSSR count). The number of hydrogen-bond donors (Lipinski definition) is 1. The van der Waals surface area contributed by atoms with Crippen molar-refractivity contribution in [2.24, 2.45) is 0 Å². The third kappa shape index (κ3) is 3.38. The Morgan fingerprint density at radius 2 is 1.93 bits per heavy atom. The molecule has 0 saturated carbocycles. The molecule has 1 aromatic heterocycles. The molecule has 0 bridgehead atoms. The summed E-state index contributed by atoms with van der Waals surface area (Å²) >= 11 is 12.5. The van der Waals surface area contributed by atoms with E-state index in [-0.39, 0.29) is 0 Å². The van der Waals surface area contributed by atoms with Crippen LogP contribution in [0.4, 0.5) is 0 Å². The fourth-order valence-corrected chi connectivity index (χ4v) is 4.41. The highest BCUT2D eigenvalue weighted by atomic mass is 35.5. The lowest BCUT2D eigenvalue weighted by Crippen LogP contribution is -2.31. The van der Waals surface area contributed by atoms with Crippen LogP contribution < -0.4 is 0 Å². The van der Waals surface area contributed by atoms with Gasteiger partial charge in [-0.05, 0) is 61.9 Å². The largest absolute Gasteiger partial charge is 0.384 e. The first-order chi connectivity index (χ1) is 12.8. The Labute approximate surface area is 170 Å². The standard InChI is InChI=1S/C22H24Cl2N2O/c1-14-10-15(4-6-19(14)24)22(2,27)13-26-20-7-5-16(23)11-17(20)18-12-25(3)9-8-21(18)26/h4-7,10-11,27H,8-9,12-13H2,1-3H3. The zero-order valence-corrected chi connectivity index (χ0v) is 17.4. The van der Waals surface area contributed by atoms with Crippen LogP contribution in [-0.4, -0.2) is 28.2 Å². The molecule has 1 aliphatic heterocycles. The maximum absolute atomic E-state index is 11.3. The maximum Gasteiger partial charge on any atom is 0.105 e. The third-order valence-corrected chi connectivity index (χ3v) is 6.31. The first-order valence-electron chi connectivity index (χ1n) is 9.23. The molecule has 5 heteroatoms. The van der Waals surface area contributed by atoms with E-state index in [1.54, 1.807) is 0 Å². The minimum absolute atomic E-state index is 0.491. The molecule has 1 N–H and O–H groups in total. The van der Waals surface area contributed by atoms with E-state index in [0.717, 1.165) is 46.2 Å². The molecule has 142 valence electrons. The summed E-state index contributed by atoms with van der Waals surface area (Å²) in [4.78, 5) is 2.33. The van der Waals surface area contributed by atoms with E-state index in [9.17, 15) is 5.11 Å². The molecule has 0 aliphatic carbocycles. The summed E-state index contributed by atoms with van der Waals surface area (Å²) in [5.74, 6) is 0. The Morgan fingerprint density at radius 1 is 1.15 bits per heavy atom. The summed E-state index contributed by atoms with van der Waals surface area (Å²) < 4.78 is 2.28. The van der Waals surface area contributed by atoms with Gasteiger partial charge in [0.1, 0.15) is 5.60 Å². The van der Waals surface area contributed by atoms with E-state index < -0.39 is 5.60 Å². The van der Waals surface area contributed by atoms with Gasteiger partial charge in [-0.1, -0.05) is 35.3 Å². The quantitative estimate of drug-likeness (QED) is 0.655. The Kier molecular flexibility index (Phi) is 4.76. The van der Waals surface area contributed by atoms with Gasteiger partial charge in [0, 0.05) is 46.2 Å². The van der Waals surface area contributed by atoms with Gasteiger partial charge in [-0.15, -0.1) is 0 Å². The van der Waals surface area contributed by atoms with Crippen molar-refractivity contribution in [2.45, 2.75) is 39.0 Å². The Morgan fingerprint density at radius 3 is 2.67 bits per heavy atom. The maximum atomic E-state index is 11.3. The summed E-state index contributed by atoms with van der Waals surface area (Å²) in [5.41, 5.74) is 4.60. The van der Waals surface area contributed by atoms with Gasteiger partial charge in [0.2, 0.25) is 0 Å². The SMILES string of the molecule is Cc1cc(C(C)(O)Cn2c3c(c4cc(Cl)ccc42)CN(C)CC3)ccc1Cl. The van der Waals surface area contributed by atoms with Crippen molar-refractivity contribution in [1.29, 1.82) is 0 Å². The van der Waals surface area contributed by atoms with E-state index in [0.29, 0.717) is 6.54 Å². The Hall–Kier alpha value is -1.52. The molecular formula is C22H24Cl2N2O. The van der Waals surface area contributed by atoms with Gasteiger partial charge in [-0.2, -0.15) is 0 Å². The smallest absolute Gasteiger partial charge is 0.105 e. The molecule has 3 nitrogen and oxygen atoms in total. The molecule has 0 radical (unpaired) electrons. The lowest BCUT2D eigenvalue weighted by Gasteiger charge is -2.29. The van der Waals surface area contributed by atoms with Crippen LogP contribution in [0.2, 0.25) is 10.0 Å². The molecule has 0 spiro atoms. The minimum atomic E-state index is -1.00. The van der Waals surface area contributed by atoms with Crippen molar-refractivity contribution in [3.05, 3.63) is 68.8 Å². The number of aromatic nitrogens is 1. The van der Waals surface area contributed by atoms with Crippen LogP contribution in [0.3, 0.4) is 0 Å². The fourth-order valence-electron chi connectivity index (χ4n) is 4.12. The highest BCUT2D eigenvalue weighted by Crippen LogP contribution is 2.35. The van der Waals surface area contributed by atoms with E-state index in [2.05, 4.69) is 22.6 Å². The van der Waals surface area contributed by atoms with E-state index in [1.165, 1.54) is 16.6 Å². The van der Waals surface area contributed by atoms with Crippen molar-refractivity contribution in [3.63, 3.8) is 0 Å². The zero-order chi connectivity index (χ0) is 19.3. The van der Waals surface area contributed by atoms with Crippen molar-refractivity contribution < 1.29 is 5.11 Å². The molecular weight excluding hydrogens is 379 g/mol. The van der Waals surface area contributed by atoms with Gasteiger partial charge < -0.3 is 14.6 Å². The topological polar surface area (TPSA) is 28.4 Å². The second-order valence-electron chi connectivity index (χ2n) is 7.90. The molecule has 3 aromatic rings. The molecule has 0 saturated heterocycles. The van der Waals surface area contributed by atoms with Crippen LogP contribution in [0.25, 0.3) is 10.9 Å². The number of hydrogen-bond acceptors (Lipinski definition) is 2. The third-order valence-electron chi connectivity index (χ3n) is 5.65. The molecule has 0 fully saturated rings. The molecule has 2 aromatic carbocycles. The summed E-state index contributed by atoms with van der Waals surface area (Å²) in [6.45, 7) is 6.25. The molecule has 1 aliphatic rings. The summed E-state index contributed by atoms with van der Waals surface area (Å²) in [6.07, 6.45) is 0.966. The van der Waals surface area contributed by atoms with Crippen LogP contribution in [0.1, 0.15) is 29.3 Å². The zero-order valence-electron chi connectivity index (χ0n) is 15.9. The van der Waals surface area contributed by atoms with E-state index in [1.807, 2.05) is 44.2 Å². The monoisotopic (exact) mass is 402 g/mol. The summed E-state index contributed by atoms with van der Waals surface area (Å²) in [7, 11) is 2.14. The average Bonchev–Trinajstić information content (AvgIpc) is 2.89. The van der Waals surface area contributed by atoms with E-state index >= 15 is 0 Å². The molecule has 2 heterocycles. The lowest BCUT2D eigenvalue weighted by atomic mass is 9.94. The van der Waals surface area contributed by atoms with Crippen LogP contribution in [0.15, 0.2) is 36.4 Å². The lowest BCUT2D eigenvalue weighted by molar-refractivity contribution is 0.0384. The number of aryl methyl sites for hydroxylation is 1. The highest BCUT2D eigenvalue weighted by molar-refractivity contribution is 6.31. The van der Waals surface area contributed by atoms with Crippen molar-refractivity contribution in [1.82, 2.24) is 9.47 Å². The van der Waals surface area contributed by atoms with Crippen molar-refractivity contribution in [2.75, 3.05) is 13.6 Å². The fraction of sp³-hybridized carbons (Fsp3) is 0.364. The number of halogens is 2. The number of rotatable bonds is 3.